The van der Waals surface area contributed by atoms with E-state index in [-0.39, 0.29) is 30.6 Å². The fourth-order valence-corrected chi connectivity index (χ4v) is 6.27. The van der Waals surface area contributed by atoms with Gasteiger partial charge < -0.3 is 10.2 Å². The van der Waals surface area contributed by atoms with Crippen molar-refractivity contribution in [2.24, 2.45) is 0 Å². The van der Waals surface area contributed by atoms with E-state index in [2.05, 4.69) is 5.32 Å². The van der Waals surface area contributed by atoms with Gasteiger partial charge in [-0.1, -0.05) is 84.0 Å². The first-order valence-corrected chi connectivity index (χ1v) is 16.3. The standard InChI is InChI=1S/C30H32Cl3N3O4S/c1-41(39,40)36(25-14-12-23(31)13-15-25)20-29(37)35(19-22-11-16-26(32)27(33)17-22)28(18-21-7-3-2-4-8-21)30(38)34-24-9-5-6-10-24/h2-4,7-8,11-17,24,28H,5-6,9-10,18-20H2,1H3,(H,34,38)/t28-/m0/s1. The third kappa shape index (κ3) is 8.61. The van der Waals surface area contributed by atoms with Gasteiger partial charge in [-0.25, -0.2) is 8.42 Å². The Hall–Kier alpha value is -2.78. The van der Waals surface area contributed by atoms with Gasteiger partial charge in [-0.05, 0) is 60.4 Å². The summed E-state index contributed by atoms with van der Waals surface area (Å²) in [6.45, 7) is -0.493. The Morgan fingerprint density at radius 2 is 1.56 bits per heavy atom. The first-order chi connectivity index (χ1) is 19.5. The van der Waals surface area contributed by atoms with Gasteiger partial charge in [0.05, 0.1) is 22.0 Å². The second kappa shape index (κ2) is 13.9. The maximum atomic E-state index is 14.1. The molecule has 2 amide bonds. The van der Waals surface area contributed by atoms with Gasteiger partial charge in [0.2, 0.25) is 21.8 Å². The van der Waals surface area contributed by atoms with E-state index in [4.69, 9.17) is 34.8 Å². The van der Waals surface area contributed by atoms with Crippen LogP contribution in [0.2, 0.25) is 15.1 Å². The molecule has 0 aromatic heterocycles. The van der Waals surface area contributed by atoms with E-state index in [1.165, 1.54) is 17.0 Å². The van der Waals surface area contributed by atoms with Crippen LogP contribution < -0.4 is 9.62 Å². The summed E-state index contributed by atoms with van der Waals surface area (Å²) in [6, 6.07) is 19.7. The highest BCUT2D eigenvalue weighted by molar-refractivity contribution is 7.92. The van der Waals surface area contributed by atoms with Crippen LogP contribution in [-0.4, -0.2) is 50.0 Å². The molecule has 0 spiro atoms. The number of sulfonamides is 1. The van der Waals surface area contributed by atoms with Crippen LogP contribution in [-0.2, 0) is 32.6 Å². The minimum atomic E-state index is -3.86. The molecule has 1 aliphatic rings. The lowest BCUT2D eigenvalue weighted by atomic mass is 10.0. The summed E-state index contributed by atoms with van der Waals surface area (Å²) in [4.78, 5) is 29.4. The minimum absolute atomic E-state index is 0.0174. The van der Waals surface area contributed by atoms with Crippen molar-refractivity contribution in [3.63, 3.8) is 0 Å². The molecule has 3 aromatic rings. The van der Waals surface area contributed by atoms with E-state index in [0.717, 1.165) is 41.8 Å². The Labute approximate surface area is 256 Å². The Kier molecular flexibility index (Phi) is 10.6. The summed E-state index contributed by atoms with van der Waals surface area (Å²) in [7, 11) is -3.86. The summed E-state index contributed by atoms with van der Waals surface area (Å²) >= 11 is 18.4. The van der Waals surface area contributed by atoms with Crippen LogP contribution in [0.25, 0.3) is 0 Å². The van der Waals surface area contributed by atoms with Crippen molar-refractivity contribution >= 4 is 62.3 Å². The van der Waals surface area contributed by atoms with Crippen molar-refractivity contribution in [1.29, 1.82) is 0 Å². The maximum absolute atomic E-state index is 14.1. The number of nitrogens with zero attached hydrogens (tertiary/aromatic N) is 2. The second-order valence-corrected chi connectivity index (χ2v) is 13.4. The quantitative estimate of drug-likeness (QED) is 0.275. The number of anilines is 1. The smallest absolute Gasteiger partial charge is 0.244 e. The summed E-state index contributed by atoms with van der Waals surface area (Å²) in [6.07, 6.45) is 5.10. The fraction of sp³-hybridized carbons (Fsp3) is 0.333. The number of rotatable bonds is 11. The normalized spacial score (nSPS) is 14.4. The summed E-state index contributed by atoms with van der Waals surface area (Å²) in [5.74, 6) is -0.828. The monoisotopic (exact) mass is 635 g/mol. The van der Waals surface area contributed by atoms with Crippen molar-refractivity contribution in [3.05, 3.63) is 99.0 Å². The van der Waals surface area contributed by atoms with Gasteiger partial charge in [-0.3, -0.25) is 13.9 Å². The Balaban J connectivity index is 1.73. The zero-order chi connectivity index (χ0) is 29.6. The summed E-state index contributed by atoms with van der Waals surface area (Å²) in [5, 5.41) is 4.24. The number of amides is 2. The highest BCUT2D eigenvalue weighted by Gasteiger charge is 2.34. The molecule has 4 rings (SSSR count). The van der Waals surface area contributed by atoms with E-state index in [1.54, 1.807) is 30.3 Å². The molecule has 11 heteroatoms. The Bertz CT molecular complexity index is 1460. The average molecular weight is 637 g/mol. The summed E-state index contributed by atoms with van der Waals surface area (Å²) in [5.41, 5.74) is 1.80. The van der Waals surface area contributed by atoms with Gasteiger partial charge in [0.25, 0.3) is 0 Å². The van der Waals surface area contributed by atoms with Crippen LogP contribution in [0.4, 0.5) is 5.69 Å². The predicted octanol–water partition coefficient (Wildman–Crippen LogP) is 6.11. The molecular formula is C30H32Cl3N3O4S. The van der Waals surface area contributed by atoms with Crippen molar-refractivity contribution in [2.75, 3.05) is 17.1 Å². The summed E-state index contributed by atoms with van der Waals surface area (Å²) < 4.78 is 26.7. The topological polar surface area (TPSA) is 86.8 Å². The molecule has 1 fully saturated rings. The van der Waals surface area contributed by atoms with Crippen LogP contribution in [0.1, 0.15) is 36.8 Å². The molecule has 0 aliphatic heterocycles. The SMILES string of the molecule is CS(=O)(=O)N(CC(=O)N(Cc1ccc(Cl)c(Cl)c1)[C@@H](Cc1ccccc1)C(=O)NC1CCCC1)c1ccc(Cl)cc1. The molecule has 0 saturated heterocycles. The van der Waals surface area contributed by atoms with Gasteiger partial charge in [0.15, 0.2) is 0 Å². The molecule has 1 saturated carbocycles. The number of nitrogens with one attached hydrogen (secondary N) is 1. The van der Waals surface area contributed by atoms with Crippen molar-refractivity contribution in [2.45, 2.75) is 50.7 Å². The van der Waals surface area contributed by atoms with Crippen LogP contribution in [0, 0.1) is 0 Å². The molecule has 218 valence electrons. The third-order valence-electron chi connectivity index (χ3n) is 7.10. The van der Waals surface area contributed by atoms with Gasteiger partial charge >= 0.3 is 0 Å². The molecule has 41 heavy (non-hydrogen) atoms. The minimum Gasteiger partial charge on any atom is -0.352 e. The van der Waals surface area contributed by atoms with Crippen molar-refractivity contribution < 1.29 is 18.0 Å². The number of benzene rings is 3. The lowest BCUT2D eigenvalue weighted by Crippen LogP contribution is -2.54. The van der Waals surface area contributed by atoms with Crippen LogP contribution in [0.3, 0.4) is 0 Å². The molecule has 7 nitrogen and oxygen atoms in total. The van der Waals surface area contributed by atoms with E-state index in [0.29, 0.717) is 20.6 Å². The van der Waals surface area contributed by atoms with E-state index in [9.17, 15) is 18.0 Å². The lowest BCUT2D eigenvalue weighted by Gasteiger charge is -2.34. The van der Waals surface area contributed by atoms with E-state index in [1.807, 2.05) is 30.3 Å². The largest absolute Gasteiger partial charge is 0.352 e. The van der Waals surface area contributed by atoms with Crippen molar-refractivity contribution in [3.8, 4) is 0 Å². The van der Waals surface area contributed by atoms with Crippen LogP contribution >= 0.6 is 34.8 Å². The molecule has 1 aliphatic carbocycles. The lowest BCUT2D eigenvalue weighted by molar-refractivity contribution is -0.140. The maximum Gasteiger partial charge on any atom is 0.244 e. The average Bonchev–Trinajstić information content (AvgIpc) is 3.44. The number of halogens is 3. The highest BCUT2D eigenvalue weighted by Crippen LogP contribution is 2.26. The zero-order valence-electron chi connectivity index (χ0n) is 22.6. The molecule has 0 radical (unpaired) electrons. The number of hydrogen-bond donors (Lipinski definition) is 1. The first kappa shape index (κ1) is 31.2. The van der Waals surface area contributed by atoms with Gasteiger partial charge in [0, 0.05) is 24.0 Å². The predicted molar refractivity (Wildman–Crippen MR) is 165 cm³/mol. The molecule has 0 unspecified atom stereocenters. The van der Waals surface area contributed by atoms with Crippen LogP contribution in [0.15, 0.2) is 72.8 Å². The molecule has 1 N–H and O–H groups in total. The van der Waals surface area contributed by atoms with E-state index >= 15 is 0 Å². The fourth-order valence-electron chi connectivity index (χ4n) is 4.98. The van der Waals surface area contributed by atoms with Gasteiger partial charge in [-0.2, -0.15) is 0 Å². The van der Waals surface area contributed by atoms with Gasteiger partial charge in [-0.15, -0.1) is 0 Å². The second-order valence-electron chi connectivity index (χ2n) is 10.2. The molecule has 1 atom stereocenters. The highest BCUT2D eigenvalue weighted by atomic mass is 35.5. The number of carbonyl (C=O) groups is 2. The third-order valence-corrected chi connectivity index (χ3v) is 9.23. The van der Waals surface area contributed by atoms with Crippen molar-refractivity contribution in [1.82, 2.24) is 10.2 Å². The van der Waals surface area contributed by atoms with Crippen LogP contribution in [0.5, 0.6) is 0 Å². The first-order valence-electron chi connectivity index (χ1n) is 13.3. The molecule has 3 aromatic carbocycles. The Morgan fingerprint density at radius 1 is 0.902 bits per heavy atom. The molecular weight excluding hydrogens is 605 g/mol. The number of carbonyl (C=O) groups excluding carboxylic acids is 2. The molecule has 0 bridgehead atoms. The zero-order valence-corrected chi connectivity index (χ0v) is 25.7. The van der Waals surface area contributed by atoms with Gasteiger partial charge in [0.1, 0.15) is 12.6 Å². The Morgan fingerprint density at radius 3 is 2.17 bits per heavy atom. The number of hydrogen-bond acceptors (Lipinski definition) is 4. The molecule has 0 heterocycles. The van der Waals surface area contributed by atoms with E-state index < -0.39 is 28.5 Å².